The largest absolute Gasteiger partial charge is 0.330 e. The number of halogens is 1. The van der Waals surface area contributed by atoms with E-state index in [1.54, 1.807) is 6.07 Å². The van der Waals surface area contributed by atoms with Crippen LogP contribution in [0.4, 0.5) is 4.39 Å². The summed E-state index contributed by atoms with van der Waals surface area (Å²) in [6, 6.07) is 23.3. The van der Waals surface area contributed by atoms with Gasteiger partial charge in [-0.3, -0.25) is 4.79 Å². The molecule has 162 valence electrons. The highest BCUT2D eigenvalue weighted by molar-refractivity contribution is 5.83. The fourth-order valence-electron chi connectivity index (χ4n) is 5.37. The number of likely N-dealkylation sites (tertiary alicyclic amines) is 1. The van der Waals surface area contributed by atoms with Gasteiger partial charge in [0.05, 0.1) is 6.04 Å². The van der Waals surface area contributed by atoms with E-state index in [-0.39, 0.29) is 35.5 Å². The molecule has 0 saturated carbocycles. The summed E-state index contributed by atoms with van der Waals surface area (Å²) in [6.45, 7) is 4.68. The molecule has 0 spiro atoms. The summed E-state index contributed by atoms with van der Waals surface area (Å²) < 4.78 is 15.6. The first-order valence-corrected chi connectivity index (χ1v) is 11.4. The first-order valence-electron chi connectivity index (χ1n) is 11.4. The van der Waals surface area contributed by atoms with Crippen molar-refractivity contribution in [1.82, 2.24) is 4.90 Å². The zero-order valence-corrected chi connectivity index (χ0v) is 18.5. The van der Waals surface area contributed by atoms with E-state index in [1.807, 2.05) is 78.6 Å². The number of nitrogens with zero attached hydrogens (tertiary/aromatic N) is 1. The Labute approximate surface area is 189 Å². The summed E-state index contributed by atoms with van der Waals surface area (Å²) in [4.78, 5) is 15.4. The molecule has 32 heavy (non-hydrogen) atoms. The molecule has 3 heteroatoms. The van der Waals surface area contributed by atoms with E-state index in [0.29, 0.717) is 12.1 Å². The second kappa shape index (κ2) is 8.38. The Morgan fingerprint density at radius 2 is 1.69 bits per heavy atom. The molecular weight excluding hydrogens is 397 g/mol. The lowest BCUT2D eigenvalue weighted by molar-refractivity contribution is -0.134. The van der Waals surface area contributed by atoms with E-state index in [2.05, 4.69) is 19.1 Å². The number of aryl methyl sites for hydroxylation is 1. The minimum absolute atomic E-state index is 0.00492. The van der Waals surface area contributed by atoms with Crippen molar-refractivity contribution >= 4 is 5.91 Å². The Bertz CT molecular complexity index is 1150. The van der Waals surface area contributed by atoms with Crippen molar-refractivity contribution in [1.29, 1.82) is 0 Å². The molecule has 3 aromatic carbocycles. The summed E-state index contributed by atoms with van der Waals surface area (Å²) in [6.07, 6.45) is 5.20. The highest BCUT2D eigenvalue weighted by Crippen LogP contribution is 2.49. The first kappa shape index (κ1) is 20.7. The quantitative estimate of drug-likeness (QED) is 0.425. The van der Waals surface area contributed by atoms with Crippen molar-refractivity contribution in [2.24, 2.45) is 17.8 Å². The number of fused-ring (bicyclic) bond motifs is 1. The van der Waals surface area contributed by atoms with E-state index in [9.17, 15) is 4.79 Å². The van der Waals surface area contributed by atoms with E-state index < -0.39 is 0 Å². The molecule has 1 amide bonds. The fourth-order valence-corrected chi connectivity index (χ4v) is 5.37. The van der Waals surface area contributed by atoms with E-state index >= 15 is 4.39 Å². The summed E-state index contributed by atoms with van der Waals surface area (Å²) in [5.41, 5.74) is 4.70. The van der Waals surface area contributed by atoms with Crippen LogP contribution in [0.1, 0.15) is 36.1 Å². The van der Waals surface area contributed by atoms with Gasteiger partial charge in [0.15, 0.2) is 0 Å². The van der Waals surface area contributed by atoms with Crippen molar-refractivity contribution in [3.05, 3.63) is 107 Å². The van der Waals surface area contributed by atoms with Gasteiger partial charge in [-0.15, -0.1) is 0 Å². The van der Waals surface area contributed by atoms with Gasteiger partial charge in [-0.1, -0.05) is 91.4 Å². The number of allylic oxidation sites excluding steroid dienone is 1. The summed E-state index contributed by atoms with van der Waals surface area (Å²) in [5, 5.41) is 0. The number of hydrogen-bond acceptors (Lipinski definition) is 1. The topological polar surface area (TPSA) is 20.3 Å². The average Bonchev–Trinajstić information content (AvgIpc) is 3.07. The lowest BCUT2D eigenvalue weighted by atomic mass is 9.75. The third-order valence-corrected chi connectivity index (χ3v) is 7.06. The molecule has 1 aliphatic carbocycles. The van der Waals surface area contributed by atoms with Crippen LogP contribution in [-0.4, -0.2) is 10.8 Å². The van der Waals surface area contributed by atoms with Gasteiger partial charge in [0.2, 0.25) is 5.91 Å². The maximum Gasteiger partial charge on any atom is 0.227 e. The van der Waals surface area contributed by atoms with Crippen molar-refractivity contribution in [2.45, 2.75) is 32.9 Å². The number of amides is 1. The van der Waals surface area contributed by atoms with Crippen molar-refractivity contribution < 1.29 is 9.18 Å². The number of rotatable bonds is 4. The van der Waals surface area contributed by atoms with Crippen LogP contribution < -0.4 is 0 Å². The standard InChI is InChI=1S/C29H28FNO/c1-19-11-13-22(14-12-19)23-15-16-24(26(30)17-23)28-25-10-6-7-20(2)27(25)29(32)31(28)18-21-8-4-3-5-9-21/h3-6,8-17,20,25,27-28H,7,18H2,1-2H3/t20-,25+,27+,28+/m1/s1. The second-order valence-electron chi connectivity index (χ2n) is 9.24. The van der Waals surface area contributed by atoms with Gasteiger partial charge in [-0.05, 0) is 42.0 Å². The SMILES string of the molecule is Cc1ccc(-c2ccc([C@H]3[C@H]4C=CC[C@@H](C)[C@@H]4C(=O)N3Cc3ccccc3)c(F)c2)cc1. The minimum atomic E-state index is -0.293. The lowest BCUT2D eigenvalue weighted by Crippen LogP contribution is -2.31. The van der Waals surface area contributed by atoms with Crippen LogP contribution in [-0.2, 0) is 11.3 Å². The molecule has 4 atom stereocenters. The fraction of sp³-hybridized carbons (Fsp3) is 0.276. The smallest absolute Gasteiger partial charge is 0.227 e. The van der Waals surface area contributed by atoms with E-state index in [1.165, 1.54) is 5.56 Å². The Kier molecular flexibility index (Phi) is 5.42. The number of carbonyl (C=O) groups is 1. The van der Waals surface area contributed by atoms with Crippen LogP contribution in [0.5, 0.6) is 0 Å². The van der Waals surface area contributed by atoms with Crippen molar-refractivity contribution in [3.63, 3.8) is 0 Å². The summed E-state index contributed by atoms with van der Waals surface area (Å²) in [7, 11) is 0. The molecule has 0 N–H and O–H groups in total. The molecule has 0 bridgehead atoms. The predicted octanol–water partition coefficient (Wildman–Crippen LogP) is 6.71. The normalized spacial score (nSPS) is 24.6. The molecule has 3 aromatic rings. The number of carbonyl (C=O) groups excluding carboxylic acids is 1. The molecule has 0 unspecified atom stereocenters. The van der Waals surface area contributed by atoms with Crippen LogP contribution in [0, 0.1) is 30.5 Å². The Balaban J connectivity index is 1.55. The Morgan fingerprint density at radius 1 is 0.969 bits per heavy atom. The van der Waals surface area contributed by atoms with Crippen LogP contribution in [0.2, 0.25) is 0 Å². The molecule has 1 saturated heterocycles. The zero-order chi connectivity index (χ0) is 22.2. The second-order valence-corrected chi connectivity index (χ2v) is 9.24. The maximum atomic E-state index is 15.6. The molecular formula is C29H28FNO. The molecule has 1 fully saturated rings. The van der Waals surface area contributed by atoms with Gasteiger partial charge in [0, 0.05) is 23.9 Å². The molecule has 1 aliphatic heterocycles. The van der Waals surface area contributed by atoms with Crippen molar-refractivity contribution in [2.75, 3.05) is 0 Å². The molecule has 0 aromatic heterocycles. The first-order chi connectivity index (χ1) is 15.5. The van der Waals surface area contributed by atoms with E-state index in [4.69, 9.17) is 0 Å². The van der Waals surface area contributed by atoms with Gasteiger partial charge < -0.3 is 4.90 Å². The number of benzene rings is 3. The zero-order valence-electron chi connectivity index (χ0n) is 18.5. The summed E-state index contributed by atoms with van der Waals surface area (Å²) >= 11 is 0. The predicted molar refractivity (Wildman–Crippen MR) is 126 cm³/mol. The van der Waals surface area contributed by atoms with Crippen molar-refractivity contribution in [3.8, 4) is 11.1 Å². The Morgan fingerprint density at radius 3 is 2.41 bits per heavy atom. The maximum absolute atomic E-state index is 15.6. The lowest BCUT2D eigenvalue weighted by Gasteiger charge is -2.30. The Hall–Kier alpha value is -3.20. The third-order valence-electron chi connectivity index (χ3n) is 7.06. The van der Waals surface area contributed by atoms with Crippen LogP contribution >= 0.6 is 0 Å². The summed E-state index contributed by atoms with van der Waals surface area (Å²) in [5.74, 6) is 0.0594. The van der Waals surface area contributed by atoms with Gasteiger partial charge in [-0.25, -0.2) is 4.39 Å². The molecule has 2 aliphatic rings. The van der Waals surface area contributed by atoms with Crippen LogP contribution in [0.3, 0.4) is 0 Å². The van der Waals surface area contributed by atoms with Gasteiger partial charge >= 0.3 is 0 Å². The number of hydrogen-bond donors (Lipinski definition) is 0. The van der Waals surface area contributed by atoms with Crippen LogP contribution in [0.25, 0.3) is 11.1 Å². The molecule has 1 heterocycles. The molecule has 2 nitrogen and oxygen atoms in total. The van der Waals surface area contributed by atoms with Crippen LogP contribution in [0.15, 0.2) is 84.9 Å². The van der Waals surface area contributed by atoms with E-state index in [0.717, 1.165) is 23.1 Å². The third kappa shape index (κ3) is 3.66. The monoisotopic (exact) mass is 425 g/mol. The minimum Gasteiger partial charge on any atom is -0.330 e. The van der Waals surface area contributed by atoms with Gasteiger partial charge in [-0.2, -0.15) is 0 Å². The van der Waals surface area contributed by atoms with Gasteiger partial charge in [0.1, 0.15) is 5.82 Å². The molecule has 0 radical (unpaired) electrons. The molecule has 5 rings (SSSR count). The highest BCUT2D eigenvalue weighted by atomic mass is 19.1. The highest BCUT2D eigenvalue weighted by Gasteiger charge is 2.50. The average molecular weight is 426 g/mol. The van der Waals surface area contributed by atoms with Gasteiger partial charge in [0.25, 0.3) is 0 Å².